The first-order chi connectivity index (χ1) is 8.67. The molecule has 2 N–H and O–H groups in total. The molecule has 1 saturated carbocycles. The molecule has 18 heavy (non-hydrogen) atoms. The summed E-state index contributed by atoms with van der Waals surface area (Å²) in [5.74, 6) is -0.183. The quantitative estimate of drug-likeness (QED) is 0.844. The van der Waals surface area contributed by atoms with E-state index in [-0.39, 0.29) is 17.9 Å². The van der Waals surface area contributed by atoms with Crippen molar-refractivity contribution in [1.29, 1.82) is 0 Å². The van der Waals surface area contributed by atoms with Gasteiger partial charge in [0.1, 0.15) is 5.82 Å². The van der Waals surface area contributed by atoms with Gasteiger partial charge in [-0.25, -0.2) is 4.39 Å². The second-order valence-electron chi connectivity index (χ2n) is 5.71. The van der Waals surface area contributed by atoms with Crippen LogP contribution in [0.2, 0.25) is 0 Å². The third-order valence-electron chi connectivity index (χ3n) is 4.52. The molecule has 1 aliphatic heterocycles. The summed E-state index contributed by atoms with van der Waals surface area (Å²) in [4.78, 5) is 0. The highest BCUT2D eigenvalue weighted by atomic mass is 19.1. The summed E-state index contributed by atoms with van der Waals surface area (Å²) >= 11 is 0. The molecule has 0 spiro atoms. The van der Waals surface area contributed by atoms with E-state index in [0.29, 0.717) is 0 Å². The van der Waals surface area contributed by atoms with Gasteiger partial charge < -0.3 is 10.4 Å². The molecule has 1 aromatic rings. The number of aliphatic hydroxyl groups is 1. The molecular weight excluding hydrogens is 229 g/mol. The Balaban J connectivity index is 1.72. The summed E-state index contributed by atoms with van der Waals surface area (Å²) in [5, 5.41) is 14.1. The monoisotopic (exact) mass is 249 g/mol. The van der Waals surface area contributed by atoms with E-state index in [0.717, 1.165) is 44.1 Å². The fourth-order valence-electron chi connectivity index (χ4n) is 3.49. The molecule has 0 amide bonds. The van der Waals surface area contributed by atoms with Crippen LogP contribution in [0, 0.1) is 5.82 Å². The summed E-state index contributed by atoms with van der Waals surface area (Å²) < 4.78 is 13.2. The van der Waals surface area contributed by atoms with Crippen LogP contribution in [-0.4, -0.2) is 16.7 Å². The largest absolute Gasteiger partial charge is 0.388 e. The molecule has 1 aliphatic carbocycles. The Morgan fingerprint density at radius 3 is 2.72 bits per heavy atom. The number of hydrogen-bond donors (Lipinski definition) is 2. The molecule has 98 valence electrons. The lowest BCUT2D eigenvalue weighted by atomic mass is 9.91. The van der Waals surface area contributed by atoms with Gasteiger partial charge >= 0.3 is 0 Å². The van der Waals surface area contributed by atoms with Gasteiger partial charge in [-0.15, -0.1) is 0 Å². The number of benzene rings is 1. The first-order valence-electron chi connectivity index (χ1n) is 6.91. The van der Waals surface area contributed by atoms with Gasteiger partial charge in [0.05, 0.1) is 5.60 Å². The lowest BCUT2D eigenvalue weighted by Gasteiger charge is -2.30. The van der Waals surface area contributed by atoms with E-state index in [9.17, 15) is 9.50 Å². The molecule has 1 heterocycles. The van der Waals surface area contributed by atoms with E-state index < -0.39 is 5.60 Å². The van der Waals surface area contributed by atoms with Crippen molar-refractivity contribution in [2.75, 3.05) is 0 Å². The minimum Gasteiger partial charge on any atom is -0.388 e. The van der Waals surface area contributed by atoms with E-state index in [4.69, 9.17) is 0 Å². The normalized spacial score (nSPS) is 30.8. The van der Waals surface area contributed by atoms with E-state index in [1.807, 2.05) is 6.07 Å². The SMILES string of the molecule is OC1([C@H]2CC[C@@H](c3cccc(F)c3)N2)CCCC1. The lowest BCUT2D eigenvalue weighted by molar-refractivity contribution is 0.0129. The van der Waals surface area contributed by atoms with Crippen molar-refractivity contribution in [3.8, 4) is 0 Å². The third-order valence-corrected chi connectivity index (χ3v) is 4.52. The van der Waals surface area contributed by atoms with Crippen LogP contribution < -0.4 is 5.32 Å². The Bertz CT molecular complexity index is 428. The first kappa shape index (κ1) is 12.1. The van der Waals surface area contributed by atoms with Crippen molar-refractivity contribution in [3.63, 3.8) is 0 Å². The van der Waals surface area contributed by atoms with Gasteiger partial charge in [-0.3, -0.25) is 0 Å². The molecule has 2 aliphatic rings. The molecule has 0 aromatic heterocycles. The zero-order valence-electron chi connectivity index (χ0n) is 10.5. The molecule has 0 radical (unpaired) electrons. The fraction of sp³-hybridized carbons (Fsp3) is 0.600. The zero-order valence-corrected chi connectivity index (χ0v) is 10.5. The van der Waals surface area contributed by atoms with E-state index in [2.05, 4.69) is 5.32 Å². The molecular formula is C15H20FNO. The van der Waals surface area contributed by atoms with Crippen molar-refractivity contribution >= 4 is 0 Å². The van der Waals surface area contributed by atoms with Crippen LogP contribution in [0.25, 0.3) is 0 Å². The van der Waals surface area contributed by atoms with Crippen LogP contribution in [-0.2, 0) is 0 Å². The van der Waals surface area contributed by atoms with Crippen LogP contribution in [0.15, 0.2) is 24.3 Å². The highest BCUT2D eigenvalue weighted by Crippen LogP contribution is 2.39. The van der Waals surface area contributed by atoms with Crippen LogP contribution >= 0.6 is 0 Å². The number of halogens is 1. The van der Waals surface area contributed by atoms with Crippen molar-refractivity contribution in [2.45, 2.75) is 56.2 Å². The van der Waals surface area contributed by atoms with Crippen LogP contribution in [0.4, 0.5) is 4.39 Å². The van der Waals surface area contributed by atoms with Crippen molar-refractivity contribution in [3.05, 3.63) is 35.6 Å². The average molecular weight is 249 g/mol. The average Bonchev–Trinajstić information content (AvgIpc) is 2.98. The Kier molecular flexibility index (Phi) is 3.12. The van der Waals surface area contributed by atoms with Gasteiger partial charge in [0.2, 0.25) is 0 Å². The molecule has 1 saturated heterocycles. The van der Waals surface area contributed by atoms with E-state index in [1.165, 1.54) is 6.07 Å². The highest BCUT2D eigenvalue weighted by molar-refractivity contribution is 5.22. The fourth-order valence-corrected chi connectivity index (χ4v) is 3.49. The predicted octanol–water partition coefficient (Wildman–Crippen LogP) is 2.92. The number of rotatable bonds is 2. The summed E-state index contributed by atoms with van der Waals surface area (Å²) in [6.45, 7) is 0. The number of hydrogen-bond acceptors (Lipinski definition) is 2. The smallest absolute Gasteiger partial charge is 0.123 e. The molecule has 1 aromatic carbocycles. The van der Waals surface area contributed by atoms with Crippen molar-refractivity contribution in [1.82, 2.24) is 5.32 Å². The summed E-state index contributed by atoms with van der Waals surface area (Å²) in [7, 11) is 0. The van der Waals surface area contributed by atoms with Gasteiger partial charge in [0, 0.05) is 12.1 Å². The van der Waals surface area contributed by atoms with Crippen molar-refractivity contribution < 1.29 is 9.50 Å². The molecule has 2 nitrogen and oxygen atoms in total. The zero-order chi connectivity index (χ0) is 12.6. The van der Waals surface area contributed by atoms with Crippen molar-refractivity contribution in [2.24, 2.45) is 0 Å². The minimum atomic E-state index is -0.526. The third kappa shape index (κ3) is 2.17. The predicted molar refractivity (Wildman–Crippen MR) is 68.7 cm³/mol. The summed E-state index contributed by atoms with van der Waals surface area (Å²) in [5.41, 5.74) is 0.473. The Labute approximate surface area is 107 Å². The highest BCUT2D eigenvalue weighted by Gasteiger charge is 2.42. The van der Waals surface area contributed by atoms with E-state index in [1.54, 1.807) is 12.1 Å². The molecule has 2 atom stereocenters. The van der Waals surface area contributed by atoms with Gasteiger partial charge in [0.25, 0.3) is 0 Å². The Hall–Kier alpha value is -0.930. The van der Waals surface area contributed by atoms with E-state index >= 15 is 0 Å². The first-order valence-corrected chi connectivity index (χ1v) is 6.91. The second kappa shape index (κ2) is 4.63. The van der Waals surface area contributed by atoms with Gasteiger partial charge in [-0.2, -0.15) is 0 Å². The lowest BCUT2D eigenvalue weighted by Crippen LogP contribution is -2.46. The van der Waals surface area contributed by atoms with Crippen LogP contribution in [0.5, 0.6) is 0 Å². The molecule has 0 unspecified atom stereocenters. The Morgan fingerprint density at radius 1 is 1.22 bits per heavy atom. The van der Waals surface area contributed by atoms with Crippen LogP contribution in [0.1, 0.15) is 50.1 Å². The maximum absolute atomic E-state index is 13.2. The number of nitrogens with one attached hydrogen (secondary N) is 1. The molecule has 2 fully saturated rings. The topological polar surface area (TPSA) is 32.3 Å². The summed E-state index contributed by atoms with van der Waals surface area (Å²) in [6.07, 6.45) is 6.02. The maximum atomic E-state index is 13.2. The van der Waals surface area contributed by atoms with Gasteiger partial charge in [-0.05, 0) is 43.4 Å². The second-order valence-corrected chi connectivity index (χ2v) is 5.71. The van der Waals surface area contributed by atoms with Gasteiger partial charge in [-0.1, -0.05) is 25.0 Å². The molecule has 0 bridgehead atoms. The Morgan fingerprint density at radius 2 is 2.00 bits per heavy atom. The minimum absolute atomic E-state index is 0.174. The van der Waals surface area contributed by atoms with Crippen LogP contribution in [0.3, 0.4) is 0 Å². The standard InChI is InChI=1S/C15H20FNO/c16-12-5-3-4-11(10-12)13-6-7-14(17-13)15(18)8-1-2-9-15/h3-5,10,13-14,17-18H,1-2,6-9H2/t13-,14+/m0/s1. The molecule has 3 rings (SSSR count). The maximum Gasteiger partial charge on any atom is 0.123 e. The summed E-state index contributed by atoms with van der Waals surface area (Å²) in [6, 6.07) is 7.15. The van der Waals surface area contributed by atoms with Gasteiger partial charge in [0.15, 0.2) is 0 Å². The molecule has 3 heteroatoms.